The maximum atomic E-state index is 6.04. The van der Waals surface area contributed by atoms with Crippen LogP contribution in [0.2, 0.25) is 0 Å². The summed E-state index contributed by atoms with van der Waals surface area (Å²) in [4.78, 5) is 7.29. The molecule has 20 heavy (non-hydrogen) atoms. The van der Waals surface area contributed by atoms with Crippen molar-refractivity contribution in [2.75, 3.05) is 4.90 Å². The lowest BCUT2D eigenvalue weighted by atomic mass is 10.0. The summed E-state index contributed by atoms with van der Waals surface area (Å²) in [6.45, 7) is 8.91. The second kappa shape index (κ2) is 6.57. The van der Waals surface area contributed by atoms with Crippen molar-refractivity contribution in [1.29, 1.82) is 0 Å². The Kier molecular flexibility index (Phi) is 5.03. The molecule has 0 spiro atoms. The van der Waals surface area contributed by atoms with Gasteiger partial charge in [0.2, 0.25) is 0 Å². The van der Waals surface area contributed by atoms with Crippen molar-refractivity contribution in [3.05, 3.63) is 23.4 Å². The minimum absolute atomic E-state index is 0.246. The largest absolute Gasteiger partial charge is 0.351 e. The standard InChI is InChI=1S/C17H29N3/c1-5-15(18)10-14-9-12(3)17(19-11-14)20-13(4)7-8-16(20)6-2/h9,11,13,15-16H,5-8,10,18H2,1-4H3. The third kappa shape index (κ3) is 3.14. The maximum absolute atomic E-state index is 6.04. The number of anilines is 1. The van der Waals surface area contributed by atoms with Gasteiger partial charge in [-0.05, 0) is 57.1 Å². The lowest BCUT2D eigenvalue weighted by molar-refractivity contribution is 0.617. The van der Waals surface area contributed by atoms with Gasteiger partial charge in [-0.25, -0.2) is 4.98 Å². The molecule has 2 heterocycles. The molecular weight excluding hydrogens is 246 g/mol. The highest BCUT2D eigenvalue weighted by Gasteiger charge is 2.31. The molecule has 0 saturated carbocycles. The van der Waals surface area contributed by atoms with Crippen LogP contribution in [0.5, 0.6) is 0 Å². The summed E-state index contributed by atoms with van der Waals surface area (Å²) < 4.78 is 0. The summed E-state index contributed by atoms with van der Waals surface area (Å²) in [7, 11) is 0. The first kappa shape index (κ1) is 15.3. The average molecular weight is 275 g/mol. The first-order valence-corrected chi connectivity index (χ1v) is 8.06. The Balaban J connectivity index is 2.20. The van der Waals surface area contributed by atoms with Crippen LogP contribution in [0.4, 0.5) is 5.82 Å². The summed E-state index contributed by atoms with van der Waals surface area (Å²) in [5, 5.41) is 0. The van der Waals surface area contributed by atoms with Crippen LogP contribution < -0.4 is 10.6 Å². The molecule has 3 atom stereocenters. The van der Waals surface area contributed by atoms with Gasteiger partial charge in [0.15, 0.2) is 0 Å². The number of hydrogen-bond acceptors (Lipinski definition) is 3. The van der Waals surface area contributed by atoms with Gasteiger partial charge in [0, 0.05) is 24.3 Å². The zero-order valence-electron chi connectivity index (χ0n) is 13.4. The predicted octanol–water partition coefficient (Wildman–Crippen LogP) is 3.44. The van der Waals surface area contributed by atoms with Crippen LogP contribution in [-0.2, 0) is 6.42 Å². The number of hydrogen-bond donors (Lipinski definition) is 1. The van der Waals surface area contributed by atoms with E-state index in [0.29, 0.717) is 12.1 Å². The SMILES string of the molecule is CCC(N)Cc1cnc(N2C(C)CCC2CC)c(C)c1. The van der Waals surface area contributed by atoms with Gasteiger partial charge in [0.1, 0.15) is 5.82 Å². The molecule has 1 saturated heterocycles. The van der Waals surface area contributed by atoms with Crippen molar-refractivity contribution in [2.24, 2.45) is 5.73 Å². The number of rotatable bonds is 5. The van der Waals surface area contributed by atoms with Gasteiger partial charge >= 0.3 is 0 Å². The fourth-order valence-corrected chi connectivity index (χ4v) is 3.31. The molecule has 3 nitrogen and oxygen atoms in total. The summed E-state index contributed by atoms with van der Waals surface area (Å²) in [5.41, 5.74) is 8.60. The molecule has 2 rings (SSSR count). The maximum Gasteiger partial charge on any atom is 0.131 e. The van der Waals surface area contributed by atoms with E-state index in [4.69, 9.17) is 10.7 Å². The van der Waals surface area contributed by atoms with Crippen molar-refractivity contribution in [1.82, 2.24) is 4.98 Å². The summed E-state index contributed by atoms with van der Waals surface area (Å²) >= 11 is 0. The Morgan fingerprint density at radius 3 is 2.75 bits per heavy atom. The minimum Gasteiger partial charge on any atom is -0.351 e. The van der Waals surface area contributed by atoms with Crippen molar-refractivity contribution >= 4 is 5.82 Å². The third-order valence-corrected chi connectivity index (χ3v) is 4.63. The highest BCUT2D eigenvalue weighted by molar-refractivity contribution is 5.50. The number of nitrogens with two attached hydrogens (primary N) is 1. The van der Waals surface area contributed by atoms with E-state index in [9.17, 15) is 0 Å². The molecule has 1 fully saturated rings. The topological polar surface area (TPSA) is 42.1 Å². The van der Waals surface area contributed by atoms with Crippen molar-refractivity contribution < 1.29 is 0 Å². The van der Waals surface area contributed by atoms with E-state index >= 15 is 0 Å². The van der Waals surface area contributed by atoms with E-state index < -0.39 is 0 Å². The van der Waals surface area contributed by atoms with E-state index in [1.165, 1.54) is 36.2 Å². The smallest absolute Gasteiger partial charge is 0.131 e. The van der Waals surface area contributed by atoms with Gasteiger partial charge in [-0.15, -0.1) is 0 Å². The lowest BCUT2D eigenvalue weighted by Crippen LogP contribution is -2.35. The molecule has 3 heteroatoms. The number of aryl methyl sites for hydroxylation is 1. The fraction of sp³-hybridized carbons (Fsp3) is 0.706. The van der Waals surface area contributed by atoms with Crippen LogP contribution in [0.25, 0.3) is 0 Å². The van der Waals surface area contributed by atoms with Crippen LogP contribution >= 0.6 is 0 Å². The minimum atomic E-state index is 0.246. The molecule has 0 amide bonds. The van der Waals surface area contributed by atoms with Gasteiger partial charge in [-0.3, -0.25) is 0 Å². The van der Waals surface area contributed by atoms with Crippen LogP contribution in [0.15, 0.2) is 12.3 Å². The summed E-state index contributed by atoms with van der Waals surface area (Å²) in [6, 6.07) is 3.78. The molecule has 0 aliphatic carbocycles. The molecule has 0 bridgehead atoms. The molecule has 0 radical (unpaired) electrons. The van der Waals surface area contributed by atoms with Crippen LogP contribution in [0.3, 0.4) is 0 Å². The van der Waals surface area contributed by atoms with Crippen molar-refractivity contribution in [2.45, 2.75) is 77.9 Å². The van der Waals surface area contributed by atoms with Crippen molar-refractivity contribution in [3.63, 3.8) is 0 Å². The van der Waals surface area contributed by atoms with E-state index in [-0.39, 0.29) is 6.04 Å². The van der Waals surface area contributed by atoms with Gasteiger partial charge < -0.3 is 10.6 Å². The Morgan fingerprint density at radius 1 is 1.40 bits per heavy atom. The van der Waals surface area contributed by atoms with E-state index in [1.54, 1.807) is 0 Å². The quantitative estimate of drug-likeness (QED) is 0.895. The lowest BCUT2D eigenvalue weighted by Gasteiger charge is -2.30. The molecule has 0 aromatic carbocycles. The monoisotopic (exact) mass is 275 g/mol. The summed E-state index contributed by atoms with van der Waals surface area (Å²) in [5.74, 6) is 1.18. The van der Waals surface area contributed by atoms with Crippen molar-refractivity contribution in [3.8, 4) is 0 Å². The molecule has 1 aromatic heterocycles. The van der Waals surface area contributed by atoms with E-state index in [1.807, 2.05) is 6.20 Å². The van der Waals surface area contributed by atoms with Gasteiger partial charge in [-0.1, -0.05) is 19.9 Å². The van der Waals surface area contributed by atoms with Crippen LogP contribution in [0.1, 0.15) is 57.6 Å². The predicted molar refractivity (Wildman–Crippen MR) is 86.2 cm³/mol. The average Bonchev–Trinajstić information content (AvgIpc) is 2.80. The normalized spacial score (nSPS) is 24.1. The Bertz CT molecular complexity index is 444. The van der Waals surface area contributed by atoms with Gasteiger partial charge in [0.25, 0.3) is 0 Å². The number of aromatic nitrogens is 1. The second-order valence-electron chi connectivity index (χ2n) is 6.25. The van der Waals surface area contributed by atoms with E-state index in [2.05, 4.69) is 38.7 Å². The highest BCUT2D eigenvalue weighted by atomic mass is 15.3. The zero-order valence-corrected chi connectivity index (χ0v) is 13.4. The zero-order chi connectivity index (χ0) is 14.7. The third-order valence-electron chi connectivity index (χ3n) is 4.63. The fourth-order valence-electron chi connectivity index (χ4n) is 3.31. The molecular formula is C17H29N3. The Hall–Kier alpha value is -1.09. The van der Waals surface area contributed by atoms with Crippen LogP contribution in [-0.4, -0.2) is 23.1 Å². The highest BCUT2D eigenvalue weighted by Crippen LogP contribution is 2.32. The van der Waals surface area contributed by atoms with Crippen LogP contribution in [0, 0.1) is 6.92 Å². The molecule has 2 N–H and O–H groups in total. The molecule has 1 aliphatic heterocycles. The number of pyridine rings is 1. The molecule has 1 aromatic rings. The Labute approximate surface area is 123 Å². The van der Waals surface area contributed by atoms with Gasteiger partial charge in [0.05, 0.1) is 0 Å². The summed E-state index contributed by atoms with van der Waals surface area (Å²) in [6.07, 6.45) is 7.74. The molecule has 1 aliphatic rings. The Morgan fingerprint density at radius 2 is 2.15 bits per heavy atom. The molecule has 3 unspecified atom stereocenters. The van der Waals surface area contributed by atoms with Gasteiger partial charge in [-0.2, -0.15) is 0 Å². The first-order valence-electron chi connectivity index (χ1n) is 8.06. The first-order chi connectivity index (χ1) is 9.56. The molecule has 112 valence electrons. The van der Waals surface area contributed by atoms with E-state index in [0.717, 1.165) is 12.8 Å². The number of nitrogens with zero attached hydrogens (tertiary/aromatic N) is 2. The second-order valence-corrected chi connectivity index (χ2v) is 6.25.